The molecule has 0 saturated carbocycles. The minimum atomic E-state index is -4.46. The number of carbonyl (C=O) groups is 1. The van der Waals surface area contributed by atoms with Crippen LogP contribution in [0.15, 0.2) is 36.8 Å². The van der Waals surface area contributed by atoms with Crippen molar-refractivity contribution in [3.8, 4) is 11.3 Å². The zero-order chi connectivity index (χ0) is 22.3. The minimum Gasteiger partial charge on any atom is -0.345 e. The molecule has 1 amide bonds. The van der Waals surface area contributed by atoms with Crippen molar-refractivity contribution in [3.05, 3.63) is 42.5 Å². The van der Waals surface area contributed by atoms with Crippen LogP contribution in [-0.2, 0) is 6.54 Å². The molecule has 1 aliphatic heterocycles. The number of pyridine rings is 2. The van der Waals surface area contributed by atoms with E-state index in [4.69, 9.17) is 0 Å². The molecule has 7 nitrogen and oxygen atoms in total. The number of aromatic amines is 1. The van der Waals surface area contributed by atoms with Gasteiger partial charge in [0.25, 0.3) is 5.91 Å². The molecule has 4 aromatic heterocycles. The molecule has 0 atom stereocenters. The van der Waals surface area contributed by atoms with Crippen LogP contribution in [0.4, 0.5) is 13.2 Å². The summed E-state index contributed by atoms with van der Waals surface area (Å²) >= 11 is 0. The molecule has 10 heteroatoms. The number of likely N-dealkylation sites (tertiary alicyclic amines) is 1. The van der Waals surface area contributed by atoms with E-state index in [1.165, 1.54) is 12.3 Å². The van der Waals surface area contributed by atoms with Gasteiger partial charge >= 0.3 is 6.18 Å². The maximum Gasteiger partial charge on any atom is 0.408 e. The van der Waals surface area contributed by atoms with Crippen molar-refractivity contribution in [1.29, 1.82) is 0 Å². The van der Waals surface area contributed by atoms with Crippen molar-refractivity contribution >= 4 is 27.8 Å². The third-order valence-electron chi connectivity index (χ3n) is 5.78. The first kappa shape index (κ1) is 20.5. The molecule has 4 aromatic rings. The van der Waals surface area contributed by atoms with Crippen LogP contribution < -0.4 is 0 Å². The molecular formula is C22H21F3N6O. The summed E-state index contributed by atoms with van der Waals surface area (Å²) in [6, 6.07) is 5.01. The van der Waals surface area contributed by atoms with E-state index in [-0.39, 0.29) is 17.1 Å². The largest absolute Gasteiger partial charge is 0.408 e. The summed E-state index contributed by atoms with van der Waals surface area (Å²) in [5, 5.41) is 5.48. The average molecular weight is 442 g/mol. The van der Waals surface area contributed by atoms with Crippen LogP contribution in [0.1, 0.15) is 36.2 Å². The Balaban J connectivity index is 1.62. The lowest BCUT2D eigenvalue weighted by molar-refractivity contribution is -0.141. The fraction of sp³-hybridized carbons (Fsp3) is 0.364. The maximum atomic E-state index is 13.3. The number of amides is 1. The summed E-state index contributed by atoms with van der Waals surface area (Å²) in [5.41, 5.74) is 1.97. The first-order valence-corrected chi connectivity index (χ1v) is 10.6. The molecule has 0 aromatic carbocycles. The van der Waals surface area contributed by atoms with E-state index in [1.54, 1.807) is 23.4 Å². The molecule has 0 aliphatic carbocycles. The molecule has 0 unspecified atom stereocenters. The lowest BCUT2D eigenvalue weighted by atomic mass is 10.1. The fourth-order valence-corrected chi connectivity index (χ4v) is 4.26. The monoisotopic (exact) mass is 442 g/mol. The lowest BCUT2D eigenvalue weighted by Crippen LogP contribution is -2.32. The summed E-state index contributed by atoms with van der Waals surface area (Å²) in [6.45, 7) is 0.00731. The normalized spacial score (nSPS) is 15.4. The number of H-pyrrole nitrogens is 1. The lowest BCUT2D eigenvalue weighted by Gasteiger charge is -2.19. The molecule has 1 aliphatic rings. The van der Waals surface area contributed by atoms with Gasteiger partial charge < -0.3 is 9.88 Å². The molecule has 1 N–H and O–H groups in total. The highest BCUT2D eigenvalue weighted by molar-refractivity contribution is 6.03. The van der Waals surface area contributed by atoms with Crippen LogP contribution >= 0.6 is 0 Å². The summed E-state index contributed by atoms with van der Waals surface area (Å²) < 4.78 is 40.8. The molecule has 32 heavy (non-hydrogen) atoms. The molecular weight excluding hydrogens is 421 g/mol. The average Bonchev–Trinajstić information content (AvgIpc) is 3.21. The fourth-order valence-electron chi connectivity index (χ4n) is 4.26. The van der Waals surface area contributed by atoms with E-state index in [0.29, 0.717) is 35.4 Å². The molecule has 5 rings (SSSR count). The third-order valence-corrected chi connectivity index (χ3v) is 5.78. The van der Waals surface area contributed by atoms with Gasteiger partial charge in [0.15, 0.2) is 0 Å². The van der Waals surface area contributed by atoms with E-state index in [2.05, 4.69) is 20.1 Å². The highest BCUT2D eigenvalue weighted by atomic mass is 19.4. The second-order valence-electron chi connectivity index (χ2n) is 8.02. The van der Waals surface area contributed by atoms with Crippen molar-refractivity contribution in [1.82, 2.24) is 29.6 Å². The number of carbonyl (C=O) groups excluding carboxylic acids is 1. The highest BCUT2D eigenvalue weighted by Crippen LogP contribution is 2.34. The quantitative estimate of drug-likeness (QED) is 0.505. The van der Waals surface area contributed by atoms with Gasteiger partial charge in [0.05, 0.1) is 5.52 Å². The molecule has 1 fully saturated rings. The number of hydrogen-bond acceptors (Lipinski definition) is 4. The Hall–Kier alpha value is -3.43. The second kappa shape index (κ2) is 7.92. The van der Waals surface area contributed by atoms with Crippen LogP contribution in [-0.4, -0.2) is 54.8 Å². The topological polar surface area (TPSA) is 79.7 Å². The number of alkyl halides is 3. The molecule has 0 spiro atoms. The zero-order valence-corrected chi connectivity index (χ0v) is 17.2. The number of halogens is 3. The van der Waals surface area contributed by atoms with Gasteiger partial charge in [0.1, 0.15) is 23.6 Å². The highest BCUT2D eigenvalue weighted by Gasteiger charge is 2.31. The van der Waals surface area contributed by atoms with Crippen LogP contribution in [0, 0.1) is 0 Å². The smallest absolute Gasteiger partial charge is 0.345 e. The first-order valence-electron chi connectivity index (χ1n) is 10.6. The molecule has 1 saturated heterocycles. The third kappa shape index (κ3) is 3.80. The zero-order valence-electron chi connectivity index (χ0n) is 17.2. The molecule has 0 radical (unpaired) electrons. The van der Waals surface area contributed by atoms with Gasteiger partial charge in [-0.1, -0.05) is 12.8 Å². The predicted octanol–water partition coefficient (Wildman–Crippen LogP) is 4.55. The van der Waals surface area contributed by atoms with Gasteiger partial charge in [-0.15, -0.1) is 0 Å². The van der Waals surface area contributed by atoms with E-state index in [9.17, 15) is 18.0 Å². The van der Waals surface area contributed by atoms with Gasteiger partial charge in [-0.2, -0.15) is 18.3 Å². The number of rotatable bonds is 3. The van der Waals surface area contributed by atoms with Crippen molar-refractivity contribution in [2.45, 2.75) is 38.4 Å². The second-order valence-corrected chi connectivity index (χ2v) is 8.02. The summed E-state index contributed by atoms with van der Waals surface area (Å²) in [6.07, 6.45) is 4.26. The molecule has 0 bridgehead atoms. The van der Waals surface area contributed by atoms with Crippen LogP contribution in [0.5, 0.6) is 0 Å². The minimum absolute atomic E-state index is 0.134. The van der Waals surface area contributed by atoms with E-state index >= 15 is 0 Å². The number of fused-ring (bicyclic) bond motifs is 2. The summed E-state index contributed by atoms with van der Waals surface area (Å²) in [4.78, 5) is 26.3. The van der Waals surface area contributed by atoms with E-state index < -0.39 is 12.7 Å². The Morgan fingerprint density at radius 1 is 1.09 bits per heavy atom. The standard InChI is InChI=1S/C22H21F3N6O/c23-22(24,25)13-31-18-10-17(21(32)30-8-3-1-2-4-9-30)27-12-16(18)19(29-31)15-11-28-20-14(15)6-5-7-26-20/h5-7,10-12H,1-4,8-9,13H2,(H,26,28). The first-order chi connectivity index (χ1) is 15.4. The van der Waals surface area contributed by atoms with Gasteiger partial charge in [0, 0.05) is 48.0 Å². The van der Waals surface area contributed by atoms with Gasteiger partial charge in [-0.25, -0.2) is 4.98 Å². The van der Waals surface area contributed by atoms with Crippen molar-refractivity contribution in [3.63, 3.8) is 0 Å². The van der Waals surface area contributed by atoms with Gasteiger partial charge in [0.2, 0.25) is 0 Å². The maximum absolute atomic E-state index is 13.3. The van der Waals surface area contributed by atoms with Crippen LogP contribution in [0.3, 0.4) is 0 Å². The van der Waals surface area contributed by atoms with Crippen molar-refractivity contribution in [2.75, 3.05) is 13.1 Å². The van der Waals surface area contributed by atoms with Gasteiger partial charge in [-0.05, 0) is 31.0 Å². The van der Waals surface area contributed by atoms with E-state index in [0.717, 1.165) is 35.8 Å². The van der Waals surface area contributed by atoms with Crippen LogP contribution in [0.2, 0.25) is 0 Å². The van der Waals surface area contributed by atoms with Crippen molar-refractivity contribution in [2.24, 2.45) is 0 Å². The van der Waals surface area contributed by atoms with Crippen LogP contribution in [0.25, 0.3) is 33.2 Å². The Kier molecular flexibility index (Phi) is 5.07. The number of aromatic nitrogens is 5. The summed E-state index contributed by atoms with van der Waals surface area (Å²) in [5.74, 6) is -0.258. The number of nitrogens with zero attached hydrogens (tertiary/aromatic N) is 5. The Morgan fingerprint density at radius 3 is 2.62 bits per heavy atom. The predicted molar refractivity (Wildman–Crippen MR) is 113 cm³/mol. The Labute approximate surface area is 181 Å². The van der Waals surface area contributed by atoms with Gasteiger partial charge in [-0.3, -0.25) is 14.5 Å². The van der Waals surface area contributed by atoms with Crippen molar-refractivity contribution < 1.29 is 18.0 Å². The van der Waals surface area contributed by atoms with E-state index in [1.807, 2.05) is 6.07 Å². The SMILES string of the molecule is O=C(c1cc2c(cn1)c(-c1c[nH]c3ncccc13)nn2CC(F)(F)F)N1CCCCCC1. The molecule has 5 heterocycles. The summed E-state index contributed by atoms with van der Waals surface area (Å²) in [7, 11) is 0. The Bertz CT molecular complexity index is 1280. The molecule has 166 valence electrons. The Morgan fingerprint density at radius 2 is 1.88 bits per heavy atom. The number of nitrogens with one attached hydrogen (secondary N) is 1. The number of hydrogen-bond donors (Lipinski definition) is 1.